The quantitative estimate of drug-likeness (QED) is 0.342. The second-order valence-electron chi connectivity index (χ2n) is 7.67. The number of guanidine groups is 1. The third-order valence-corrected chi connectivity index (χ3v) is 4.59. The van der Waals surface area contributed by atoms with E-state index in [1.54, 1.807) is 7.05 Å². The van der Waals surface area contributed by atoms with Gasteiger partial charge in [0.05, 0.1) is 12.7 Å². The highest BCUT2D eigenvalue weighted by atomic mass is 127. The van der Waals surface area contributed by atoms with Crippen LogP contribution in [0.5, 0.6) is 0 Å². The maximum Gasteiger partial charge on any atom is 0.225 e. The van der Waals surface area contributed by atoms with Gasteiger partial charge < -0.3 is 20.3 Å². The van der Waals surface area contributed by atoms with E-state index in [1.165, 1.54) is 11.1 Å². The molecule has 0 aliphatic carbocycles. The zero-order valence-electron chi connectivity index (χ0n) is 17.7. The summed E-state index contributed by atoms with van der Waals surface area (Å²) in [5.41, 5.74) is 2.36. The number of carbonyl (C=O) groups excluding carboxylic acids is 1. The van der Waals surface area contributed by atoms with Gasteiger partial charge >= 0.3 is 0 Å². The summed E-state index contributed by atoms with van der Waals surface area (Å²) in [6.45, 7) is 10.8. The Balaban J connectivity index is 0.00000392. The Hall–Kier alpha value is -1.35. The second-order valence-corrected chi connectivity index (χ2v) is 7.67. The average molecular weight is 502 g/mol. The van der Waals surface area contributed by atoms with Crippen molar-refractivity contribution in [1.82, 2.24) is 15.5 Å². The number of aliphatic imine (C=N–C) groups is 1. The van der Waals surface area contributed by atoms with Gasteiger partial charge in [0.15, 0.2) is 5.96 Å². The van der Waals surface area contributed by atoms with Crippen LogP contribution in [-0.4, -0.2) is 49.0 Å². The summed E-state index contributed by atoms with van der Waals surface area (Å²) in [5, 5.41) is 6.80. The van der Waals surface area contributed by atoms with Crippen LogP contribution in [0.1, 0.15) is 45.2 Å². The summed E-state index contributed by atoms with van der Waals surface area (Å²) in [6, 6.07) is 8.62. The topological polar surface area (TPSA) is 66.0 Å². The lowest BCUT2D eigenvalue weighted by Crippen LogP contribution is -2.45. The van der Waals surface area contributed by atoms with Crippen molar-refractivity contribution in [2.24, 2.45) is 10.9 Å². The van der Waals surface area contributed by atoms with E-state index in [2.05, 4.69) is 39.9 Å². The molecule has 1 atom stereocenters. The van der Waals surface area contributed by atoms with Gasteiger partial charge in [-0.05, 0) is 31.4 Å². The molecule has 2 N–H and O–H groups in total. The summed E-state index contributed by atoms with van der Waals surface area (Å²) in [4.78, 5) is 18.4. The molecule has 1 aromatic carbocycles. The molecule has 1 amide bonds. The van der Waals surface area contributed by atoms with Gasteiger partial charge in [0, 0.05) is 38.6 Å². The van der Waals surface area contributed by atoms with E-state index in [9.17, 15) is 4.79 Å². The van der Waals surface area contributed by atoms with Crippen LogP contribution in [0.15, 0.2) is 29.3 Å². The van der Waals surface area contributed by atoms with Gasteiger partial charge in [0.1, 0.15) is 0 Å². The molecule has 0 aromatic heterocycles. The van der Waals surface area contributed by atoms with Crippen LogP contribution >= 0.6 is 24.0 Å². The summed E-state index contributed by atoms with van der Waals surface area (Å²) < 4.78 is 5.68. The highest BCUT2D eigenvalue weighted by Gasteiger charge is 2.27. The van der Waals surface area contributed by atoms with Crippen LogP contribution in [0.4, 0.5) is 0 Å². The number of likely N-dealkylation sites (tertiary alicyclic amines) is 1. The summed E-state index contributed by atoms with van der Waals surface area (Å²) in [7, 11) is 1.77. The maximum atomic E-state index is 12.1. The Kier molecular flexibility index (Phi) is 10.8. The lowest BCUT2D eigenvalue weighted by molar-refractivity contribution is -0.133. The van der Waals surface area contributed by atoms with Crippen LogP contribution in [0, 0.1) is 5.92 Å². The number of ether oxygens (including phenoxy) is 1. The molecule has 1 aliphatic heterocycles. The smallest absolute Gasteiger partial charge is 0.225 e. The fourth-order valence-electron chi connectivity index (χ4n) is 3.11. The third-order valence-electron chi connectivity index (χ3n) is 4.59. The zero-order chi connectivity index (χ0) is 19.8. The first-order valence-electron chi connectivity index (χ1n) is 9.84. The monoisotopic (exact) mass is 502 g/mol. The predicted octanol–water partition coefficient (Wildman–Crippen LogP) is 3.15. The summed E-state index contributed by atoms with van der Waals surface area (Å²) >= 11 is 0. The van der Waals surface area contributed by atoms with Crippen molar-refractivity contribution < 1.29 is 9.53 Å². The molecule has 0 bridgehead atoms. The molecular formula is C21H35IN4O2. The molecule has 1 saturated heterocycles. The van der Waals surface area contributed by atoms with Crippen LogP contribution < -0.4 is 10.6 Å². The van der Waals surface area contributed by atoms with E-state index in [0.29, 0.717) is 13.2 Å². The van der Waals surface area contributed by atoms with Gasteiger partial charge in [-0.3, -0.25) is 9.79 Å². The highest BCUT2D eigenvalue weighted by Crippen LogP contribution is 2.13. The van der Waals surface area contributed by atoms with Crippen LogP contribution in [-0.2, 0) is 22.7 Å². The number of hydrogen-bond donors (Lipinski definition) is 2. The van der Waals surface area contributed by atoms with Gasteiger partial charge in [-0.1, -0.05) is 38.1 Å². The first-order valence-corrected chi connectivity index (χ1v) is 9.84. The minimum atomic E-state index is 0. The molecule has 7 heteroatoms. The Labute approximate surface area is 186 Å². The molecule has 1 heterocycles. The van der Waals surface area contributed by atoms with E-state index in [-0.39, 0.29) is 47.9 Å². The van der Waals surface area contributed by atoms with E-state index in [0.717, 1.165) is 25.5 Å². The molecule has 0 spiro atoms. The molecule has 0 saturated carbocycles. The molecule has 1 aliphatic rings. The second kappa shape index (κ2) is 12.3. The fourth-order valence-corrected chi connectivity index (χ4v) is 3.11. The van der Waals surface area contributed by atoms with Crippen molar-refractivity contribution in [3.8, 4) is 0 Å². The number of benzene rings is 1. The van der Waals surface area contributed by atoms with Crippen molar-refractivity contribution in [3.05, 3.63) is 35.4 Å². The van der Waals surface area contributed by atoms with Crippen molar-refractivity contribution in [1.29, 1.82) is 0 Å². The number of carbonyl (C=O) groups is 1. The first kappa shape index (κ1) is 24.7. The number of nitrogens with one attached hydrogen (secondary N) is 2. The molecule has 1 aromatic rings. The summed E-state index contributed by atoms with van der Waals surface area (Å²) in [5.74, 6) is 1.04. The molecule has 158 valence electrons. The SMILES string of the molecule is CN=C(NCc1cccc(COC(C)C)c1)NC1CCN(C(=O)C(C)C)C1.I. The van der Waals surface area contributed by atoms with Crippen molar-refractivity contribution >= 4 is 35.8 Å². The number of nitrogens with zero attached hydrogens (tertiary/aromatic N) is 2. The molecule has 0 radical (unpaired) electrons. The Morgan fingerprint density at radius 2 is 2.00 bits per heavy atom. The van der Waals surface area contributed by atoms with E-state index < -0.39 is 0 Å². The third kappa shape index (κ3) is 7.95. The minimum absolute atomic E-state index is 0. The Morgan fingerprint density at radius 3 is 2.64 bits per heavy atom. The molecule has 1 fully saturated rings. The van der Waals surface area contributed by atoms with Gasteiger partial charge in [0.2, 0.25) is 5.91 Å². The number of amides is 1. The van der Waals surface area contributed by atoms with Crippen molar-refractivity contribution in [2.45, 2.75) is 59.4 Å². The van der Waals surface area contributed by atoms with E-state index >= 15 is 0 Å². The molecule has 1 unspecified atom stereocenters. The molecule has 6 nitrogen and oxygen atoms in total. The van der Waals surface area contributed by atoms with E-state index in [4.69, 9.17) is 4.74 Å². The molecule has 28 heavy (non-hydrogen) atoms. The normalized spacial score (nSPS) is 17.0. The Bertz CT molecular complexity index is 649. The van der Waals surface area contributed by atoms with Crippen LogP contribution in [0.3, 0.4) is 0 Å². The van der Waals surface area contributed by atoms with Crippen molar-refractivity contribution in [2.75, 3.05) is 20.1 Å². The maximum absolute atomic E-state index is 12.1. The Morgan fingerprint density at radius 1 is 1.29 bits per heavy atom. The standard InChI is InChI=1S/C21H34N4O2.HI/c1-15(2)20(26)25-10-9-19(13-25)24-21(22-5)23-12-17-7-6-8-18(11-17)14-27-16(3)4;/h6-8,11,15-16,19H,9-10,12-14H2,1-5H3,(H2,22,23,24);1H. The van der Waals surface area contributed by atoms with Gasteiger partial charge in [0.25, 0.3) is 0 Å². The fraction of sp³-hybridized carbons (Fsp3) is 0.619. The number of hydrogen-bond acceptors (Lipinski definition) is 3. The lowest BCUT2D eigenvalue weighted by atomic mass is 10.1. The lowest BCUT2D eigenvalue weighted by Gasteiger charge is -2.20. The van der Waals surface area contributed by atoms with Gasteiger partial charge in [-0.15, -0.1) is 24.0 Å². The van der Waals surface area contributed by atoms with E-state index in [1.807, 2.05) is 32.6 Å². The molecule has 2 rings (SSSR count). The average Bonchev–Trinajstić information content (AvgIpc) is 3.11. The van der Waals surface area contributed by atoms with Crippen LogP contribution in [0.25, 0.3) is 0 Å². The van der Waals surface area contributed by atoms with Gasteiger partial charge in [-0.25, -0.2) is 0 Å². The zero-order valence-corrected chi connectivity index (χ0v) is 20.0. The minimum Gasteiger partial charge on any atom is -0.374 e. The number of halogens is 1. The first-order chi connectivity index (χ1) is 12.9. The highest BCUT2D eigenvalue weighted by molar-refractivity contribution is 14.0. The van der Waals surface area contributed by atoms with Crippen LogP contribution in [0.2, 0.25) is 0 Å². The predicted molar refractivity (Wildman–Crippen MR) is 125 cm³/mol. The molecular weight excluding hydrogens is 467 g/mol. The summed E-state index contributed by atoms with van der Waals surface area (Å²) in [6.07, 6.45) is 1.17. The largest absolute Gasteiger partial charge is 0.374 e. The van der Waals surface area contributed by atoms with Gasteiger partial charge in [-0.2, -0.15) is 0 Å². The van der Waals surface area contributed by atoms with Crippen molar-refractivity contribution in [3.63, 3.8) is 0 Å². The number of rotatable bonds is 7.